The molecule has 5 nitrogen and oxygen atoms in total. The molecule has 4 rings (SSSR count). The first-order valence-electron chi connectivity index (χ1n) is 12.6. The zero-order valence-electron chi connectivity index (χ0n) is 22.4. The third-order valence-corrected chi connectivity index (χ3v) is 7.55. The average Bonchev–Trinajstić information content (AvgIpc) is 3.15. The molecule has 0 saturated carbocycles. The number of halogens is 6. The lowest BCUT2D eigenvalue weighted by molar-refractivity contribution is -0.143. The summed E-state index contributed by atoms with van der Waals surface area (Å²) < 4.78 is 91.6. The molecule has 0 aromatic heterocycles. The summed E-state index contributed by atoms with van der Waals surface area (Å²) in [5, 5.41) is 0. The molecule has 0 radical (unpaired) electrons. The Hall–Kier alpha value is -3.50. The lowest BCUT2D eigenvalue weighted by atomic mass is 9.72. The van der Waals surface area contributed by atoms with Crippen molar-refractivity contribution in [1.29, 1.82) is 0 Å². The number of aldehydes is 1. The molecule has 1 saturated heterocycles. The van der Waals surface area contributed by atoms with E-state index in [4.69, 9.17) is 9.47 Å². The highest BCUT2D eigenvalue weighted by atomic mass is 19.4. The van der Waals surface area contributed by atoms with Crippen LogP contribution in [0.1, 0.15) is 78.7 Å². The number of carbonyl (C=O) groups is 2. The van der Waals surface area contributed by atoms with Gasteiger partial charge in [-0.2, -0.15) is 26.3 Å². The third-order valence-electron chi connectivity index (χ3n) is 7.55. The van der Waals surface area contributed by atoms with Crippen LogP contribution in [0.2, 0.25) is 0 Å². The highest BCUT2D eigenvalue weighted by Gasteiger charge is 2.44. The van der Waals surface area contributed by atoms with Gasteiger partial charge in [0, 0.05) is 17.7 Å². The van der Waals surface area contributed by atoms with Gasteiger partial charge in [0.05, 0.1) is 24.3 Å². The zero-order valence-corrected chi connectivity index (χ0v) is 22.4. The lowest BCUT2D eigenvalue weighted by Crippen LogP contribution is -2.35. The van der Waals surface area contributed by atoms with Gasteiger partial charge in [-0.3, -0.25) is 9.69 Å². The molecule has 40 heavy (non-hydrogen) atoms. The zero-order chi connectivity index (χ0) is 29.6. The van der Waals surface area contributed by atoms with Crippen LogP contribution < -0.4 is 4.74 Å². The van der Waals surface area contributed by atoms with E-state index in [0.717, 1.165) is 17.6 Å². The molecule has 216 valence electrons. The van der Waals surface area contributed by atoms with Gasteiger partial charge in [-0.05, 0) is 84.7 Å². The van der Waals surface area contributed by atoms with E-state index in [1.54, 1.807) is 18.2 Å². The van der Waals surface area contributed by atoms with E-state index < -0.39 is 41.7 Å². The van der Waals surface area contributed by atoms with Gasteiger partial charge in [0.1, 0.15) is 18.1 Å². The summed E-state index contributed by atoms with van der Waals surface area (Å²) in [6, 6.07) is 5.38. The lowest BCUT2D eigenvalue weighted by Gasteiger charge is -2.36. The summed E-state index contributed by atoms with van der Waals surface area (Å²) in [5.41, 5.74) is -0.606. The molecule has 0 bridgehead atoms. The molecule has 1 fully saturated rings. The van der Waals surface area contributed by atoms with E-state index in [1.807, 2.05) is 0 Å². The average molecular weight is 570 g/mol. The van der Waals surface area contributed by atoms with Crippen molar-refractivity contribution in [2.45, 2.75) is 64.5 Å². The maximum Gasteiger partial charge on any atom is 0.416 e. The number of rotatable bonds is 6. The summed E-state index contributed by atoms with van der Waals surface area (Å²) in [5.74, 6) is 0.538. The van der Waals surface area contributed by atoms with Crippen molar-refractivity contribution < 1.29 is 45.4 Å². The van der Waals surface area contributed by atoms with Crippen molar-refractivity contribution in [3.05, 3.63) is 69.8 Å². The van der Waals surface area contributed by atoms with Crippen LogP contribution in [0.4, 0.5) is 31.1 Å². The van der Waals surface area contributed by atoms with Crippen LogP contribution in [0, 0.1) is 5.41 Å². The third kappa shape index (κ3) is 5.97. The minimum absolute atomic E-state index is 0.0464. The molecule has 1 aliphatic carbocycles. The number of ether oxygens (including phenoxy) is 2. The van der Waals surface area contributed by atoms with E-state index >= 15 is 0 Å². The van der Waals surface area contributed by atoms with Crippen LogP contribution in [0.5, 0.6) is 5.75 Å². The number of methoxy groups -OCH3 is 1. The molecule has 1 aliphatic heterocycles. The van der Waals surface area contributed by atoms with Gasteiger partial charge in [0.2, 0.25) is 0 Å². The molecule has 2 aromatic rings. The number of alkyl halides is 6. The van der Waals surface area contributed by atoms with Crippen molar-refractivity contribution in [3.63, 3.8) is 0 Å². The van der Waals surface area contributed by atoms with Crippen LogP contribution in [-0.4, -0.2) is 37.0 Å². The van der Waals surface area contributed by atoms with Crippen LogP contribution in [-0.2, 0) is 17.1 Å². The highest BCUT2D eigenvalue weighted by Crippen LogP contribution is 2.46. The fourth-order valence-corrected chi connectivity index (χ4v) is 5.43. The van der Waals surface area contributed by atoms with Crippen LogP contribution >= 0.6 is 0 Å². The minimum atomic E-state index is -5.02. The van der Waals surface area contributed by atoms with Gasteiger partial charge in [-0.15, -0.1) is 0 Å². The number of hydrogen-bond acceptors (Lipinski definition) is 4. The van der Waals surface area contributed by atoms with Gasteiger partial charge in [0.15, 0.2) is 0 Å². The fraction of sp³-hybridized carbons (Fsp3) is 0.448. The molecule has 11 heteroatoms. The Morgan fingerprint density at radius 2 is 1.68 bits per heavy atom. The van der Waals surface area contributed by atoms with Crippen LogP contribution in [0.25, 0.3) is 5.57 Å². The van der Waals surface area contributed by atoms with Crippen molar-refractivity contribution in [3.8, 4) is 5.75 Å². The minimum Gasteiger partial charge on any atom is -0.496 e. The van der Waals surface area contributed by atoms with Crippen molar-refractivity contribution in [2.75, 3.05) is 13.7 Å². The quantitative estimate of drug-likeness (QED) is 0.261. The van der Waals surface area contributed by atoms with E-state index in [2.05, 4.69) is 13.8 Å². The van der Waals surface area contributed by atoms with E-state index in [9.17, 15) is 35.9 Å². The predicted octanol–water partition coefficient (Wildman–Crippen LogP) is 8.09. The predicted molar refractivity (Wildman–Crippen MR) is 135 cm³/mol. The Morgan fingerprint density at radius 3 is 2.23 bits per heavy atom. The molecule has 0 N–H and O–H groups in total. The largest absolute Gasteiger partial charge is 0.496 e. The second-order valence-electron chi connectivity index (χ2n) is 11.0. The number of carbonyl (C=O) groups excluding carboxylic acids is 2. The van der Waals surface area contributed by atoms with E-state index in [1.165, 1.54) is 18.9 Å². The smallest absolute Gasteiger partial charge is 0.416 e. The van der Waals surface area contributed by atoms with Gasteiger partial charge in [-0.1, -0.05) is 13.8 Å². The van der Waals surface area contributed by atoms with Gasteiger partial charge in [-0.25, -0.2) is 4.79 Å². The molecule has 2 atom stereocenters. The number of allylic oxidation sites excluding steroid dienone is 1. The summed E-state index contributed by atoms with van der Waals surface area (Å²) in [6.45, 7) is 5.72. The normalized spacial score (nSPS) is 21.4. The Balaban J connectivity index is 1.74. The first kappa shape index (κ1) is 29.5. The Bertz CT molecular complexity index is 1310. The summed E-state index contributed by atoms with van der Waals surface area (Å²) in [4.78, 5) is 25.8. The van der Waals surface area contributed by atoms with Crippen LogP contribution in [0.15, 0.2) is 42.0 Å². The van der Waals surface area contributed by atoms with Crippen LogP contribution in [0.3, 0.4) is 0 Å². The monoisotopic (exact) mass is 569 g/mol. The Labute approximate surface area is 227 Å². The highest BCUT2D eigenvalue weighted by molar-refractivity contribution is 5.82. The van der Waals surface area contributed by atoms with Crippen molar-refractivity contribution >= 4 is 18.0 Å². The number of benzene rings is 2. The van der Waals surface area contributed by atoms with E-state index in [-0.39, 0.29) is 23.6 Å². The number of amides is 1. The molecular formula is C29H29F6NO4. The Kier molecular flexibility index (Phi) is 7.72. The fourth-order valence-electron chi connectivity index (χ4n) is 5.43. The number of hydrogen-bond donors (Lipinski definition) is 0. The number of cyclic esters (lactones) is 1. The summed E-state index contributed by atoms with van der Waals surface area (Å²) in [6.07, 6.45) is -9.52. The topological polar surface area (TPSA) is 55.8 Å². The first-order chi connectivity index (χ1) is 18.5. The van der Waals surface area contributed by atoms with Gasteiger partial charge < -0.3 is 9.47 Å². The molecule has 2 aliphatic rings. The standard InChI is InChI=1S/C29H29F6NO4/c1-16-25(18-10-20(28(30,31)32)12-21(11-18)29(33,34)35)40-26(38)36(16)14-19-13-27(2,3)8-7-22(19)23-9-17(15-37)5-6-24(23)39-4/h5-6,9-12,15-16,25H,7-8,13-14H2,1-4H3/t16-,25-/m0/s1. The molecule has 1 amide bonds. The van der Waals surface area contributed by atoms with Crippen molar-refractivity contribution in [2.24, 2.45) is 5.41 Å². The van der Waals surface area contributed by atoms with E-state index in [0.29, 0.717) is 48.1 Å². The maximum absolute atomic E-state index is 13.5. The van der Waals surface area contributed by atoms with Gasteiger partial charge >= 0.3 is 18.4 Å². The molecule has 2 aromatic carbocycles. The number of nitrogens with zero attached hydrogens (tertiary/aromatic N) is 1. The molecule has 0 unspecified atom stereocenters. The molecule has 1 heterocycles. The summed E-state index contributed by atoms with van der Waals surface area (Å²) >= 11 is 0. The second kappa shape index (κ2) is 10.5. The summed E-state index contributed by atoms with van der Waals surface area (Å²) in [7, 11) is 1.50. The molecular weight excluding hydrogens is 540 g/mol. The van der Waals surface area contributed by atoms with Gasteiger partial charge in [0.25, 0.3) is 0 Å². The SMILES string of the molecule is COc1ccc(C=O)cc1C1=C(CN2C(=O)O[C@H](c3cc(C(F)(F)F)cc(C(F)(F)F)c3)[C@@H]2C)CC(C)(C)CC1. The second-order valence-corrected chi connectivity index (χ2v) is 11.0. The maximum atomic E-state index is 13.5. The van der Waals surface area contributed by atoms with Crippen molar-refractivity contribution in [1.82, 2.24) is 4.90 Å². The Morgan fingerprint density at radius 1 is 1.05 bits per heavy atom. The first-order valence-corrected chi connectivity index (χ1v) is 12.6. The molecule has 0 spiro atoms.